The molecule has 0 aromatic carbocycles. The number of piperazine rings is 1. The summed E-state index contributed by atoms with van der Waals surface area (Å²) in [5.41, 5.74) is 5.53. The minimum atomic E-state index is 0.554. The quantitative estimate of drug-likeness (QED) is 0.826. The lowest BCUT2D eigenvalue weighted by atomic mass is 10.3. The van der Waals surface area contributed by atoms with Gasteiger partial charge < -0.3 is 10.6 Å². The number of thiocarbonyl (C=S) groups is 1. The summed E-state index contributed by atoms with van der Waals surface area (Å²) in [4.78, 5) is 13.5. The summed E-state index contributed by atoms with van der Waals surface area (Å²) >= 11 is 8.23. The van der Waals surface area contributed by atoms with E-state index in [4.69, 9.17) is 18.0 Å². The molecular weight excluding hydrogens is 302 g/mol. The second kappa shape index (κ2) is 5.70. The van der Waals surface area contributed by atoms with Crippen LogP contribution in [0.2, 0.25) is 0 Å². The summed E-state index contributed by atoms with van der Waals surface area (Å²) in [7, 11) is 0. The minimum Gasteiger partial charge on any atom is -0.392 e. The van der Waals surface area contributed by atoms with E-state index in [9.17, 15) is 0 Å². The van der Waals surface area contributed by atoms with Crippen molar-refractivity contribution in [3.8, 4) is 0 Å². The molecule has 1 aromatic rings. The van der Waals surface area contributed by atoms with Crippen molar-refractivity contribution in [3.05, 3.63) is 16.9 Å². The molecule has 2 heterocycles. The van der Waals surface area contributed by atoms with Gasteiger partial charge in [-0.15, -0.1) is 0 Å². The largest absolute Gasteiger partial charge is 0.392 e. The molecule has 1 saturated heterocycles. The first kappa shape index (κ1) is 12.7. The normalized spacial score (nSPS) is 17.1. The number of aromatic nitrogens is 2. The smallest absolute Gasteiger partial charge is 0.225 e. The van der Waals surface area contributed by atoms with Gasteiger partial charge in [-0.1, -0.05) is 12.2 Å². The van der Waals surface area contributed by atoms with Gasteiger partial charge in [0.05, 0.1) is 9.46 Å². The molecule has 92 valence electrons. The first-order valence-electron chi connectivity index (χ1n) is 5.38. The van der Waals surface area contributed by atoms with Crippen LogP contribution < -0.4 is 10.6 Å². The van der Waals surface area contributed by atoms with Gasteiger partial charge in [-0.2, -0.15) is 0 Å². The number of rotatable bonds is 3. The summed E-state index contributed by atoms with van der Waals surface area (Å²) in [5, 5.41) is 0. The van der Waals surface area contributed by atoms with Gasteiger partial charge in [0.2, 0.25) is 5.95 Å². The van der Waals surface area contributed by atoms with Crippen LogP contribution in [0.5, 0.6) is 0 Å². The maximum atomic E-state index is 5.53. The average Bonchev–Trinajstić information content (AvgIpc) is 2.30. The molecule has 0 radical (unpaired) electrons. The standard InChI is InChI=1S/C10H14BrN5S/c11-8-5-13-10(14-6-8)16-3-1-15(2-4-16)7-9(12)17/h5-6H,1-4,7H2,(H2,12,17). The van der Waals surface area contributed by atoms with Gasteiger partial charge in [0.15, 0.2) is 0 Å². The van der Waals surface area contributed by atoms with E-state index < -0.39 is 0 Å². The number of halogens is 1. The zero-order chi connectivity index (χ0) is 12.3. The first-order valence-corrected chi connectivity index (χ1v) is 6.58. The van der Waals surface area contributed by atoms with Crippen LogP contribution in [0.4, 0.5) is 5.95 Å². The molecule has 1 aliphatic rings. The monoisotopic (exact) mass is 315 g/mol. The van der Waals surface area contributed by atoms with E-state index in [1.807, 2.05) is 0 Å². The average molecular weight is 316 g/mol. The van der Waals surface area contributed by atoms with Crippen LogP contribution in [0.3, 0.4) is 0 Å². The molecule has 0 unspecified atom stereocenters. The van der Waals surface area contributed by atoms with Gasteiger partial charge in [-0.25, -0.2) is 9.97 Å². The molecule has 0 aliphatic carbocycles. The lowest BCUT2D eigenvalue weighted by molar-refractivity contribution is 0.291. The van der Waals surface area contributed by atoms with Gasteiger partial charge in [-0.3, -0.25) is 4.90 Å². The van der Waals surface area contributed by atoms with Crippen molar-refractivity contribution in [2.45, 2.75) is 0 Å². The van der Waals surface area contributed by atoms with E-state index in [0.717, 1.165) is 36.6 Å². The van der Waals surface area contributed by atoms with Crippen molar-refractivity contribution in [2.75, 3.05) is 37.6 Å². The number of nitrogens with two attached hydrogens (primary N) is 1. The lowest BCUT2D eigenvalue weighted by Gasteiger charge is -2.34. The number of anilines is 1. The van der Waals surface area contributed by atoms with Crippen molar-refractivity contribution in [1.29, 1.82) is 0 Å². The summed E-state index contributed by atoms with van der Waals surface area (Å²) < 4.78 is 0.897. The third-order valence-corrected chi connectivity index (χ3v) is 3.18. The second-order valence-electron chi connectivity index (χ2n) is 3.93. The van der Waals surface area contributed by atoms with Gasteiger partial charge in [0.25, 0.3) is 0 Å². The fraction of sp³-hybridized carbons (Fsp3) is 0.500. The van der Waals surface area contributed by atoms with E-state index in [1.54, 1.807) is 12.4 Å². The maximum Gasteiger partial charge on any atom is 0.225 e. The molecule has 0 bridgehead atoms. The maximum absolute atomic E-state index is 5.53. The van der Waals surface area contributed by atoms with Crippen LogP contribution in [0.1, 0.15) is 0 Å². The third kappa shape index (κ3) is 3.58. The molecule has 1 aliphatic heterocycles. The molecule has 5 nitrogen and oxygen atoms in total. The molecule has 1 fully saturated rings. The molecule has 0 saturated carbocycles. The van der Waals surface area contributed by atoms with Crippen molar-refractivity contribution in [1.82, 2.24) is 14.9 Å². The van der Waals surface area contributed by atoms with Crippen molar-refractivity contribution in [3.63, 3.8) is 0 Å². The molecule has 17 heavy (non-hydrogen) atoms. The van der Waals surface area contributed by atoms with E-state index in [2.05, 4.69) is 35.7 Å². The summed E-state index contributed by atoms with van der Waals surface area (Å²) in [6, 6.07) is 0. The fourth-order valence-electron chi connectivity index (χ4n) is 1.80. The van der Waals surface area contributed by atoms with Gasteiger partial charge in [0.1, 0.15) is 0 Å². The van der Waals surface area contributed by atoms with Crippen LogP contribution in [-0.2, 0) is 0 Å². The Morgan fingerprint density at radius 3 is 2.41 bits per heavy atom. The molecule has 0 spiro atoms. The number of nitrogens with zero attached hydrogens (tertiary/aromatic N) is 4. The van der Waals surface area contributed by atoms with E-state index >= 15 is 0 Å². The summed E-state index contributed by atoms with van der Waals surface area (Å²) in [6.45, 7) is 4.40. The van der Waals surface area contributed by atoms with Crippen LogP contribution in [0.25, 0.3) is 0 Å². The highest BCUT2D eigenvalue weighted by molar-refractivity contribution is 9.10. The zero-order valence-electron chi connectivity index (χ0n) is 9.34. The Balaban J connectivity index is 1.90. The van der Waals surface area contributed by atoms with E-state index in [1.165, 1.54) is 0 Å². The third-order valence-electron chi connectivity index (χ3n) is 2.64. The first-order chi connectivity index (χ1) is 8.15. The predicted molar refractivity (Wildman–Crippen MR) is 75.2 cm³/mol. The zero-order valence-corrected chi connectivity index (χ0v) is 11.7. The molecule has 7 heteroatoms. The van der Waals surface area contributed by atoms with Gasteiger partial charge in [-0.05, 0) is 15.9 Å². The SMILES string of the molecule is NC(=S)CN1CCN(c2ncc(Br)cn2)CC1. The van der Waals surface area contributed by atoms with Crippen LogP contribution in [0, 0.1) is 0 Å². The Morgan fingerprint density at radius 2 is 1.88 bits per heavy atom. The highest BCUT2D eigenvalue weighted by Crippen LogP contribution is 2.12. The Bertz CT molecular complexity index is 388. The number of hydrogen-bond acceptors (Lipinski definition) is 5. The van der Waals surface area contributed by atoms with E-state index in [-0.39, 0.29) is 0 Å². The van der Waals surface area contributed by atoms with Crippen molar-refractivity contribution >= 4 is 39.1 Å². The van der Waals surface area contributed by atoms with Gasteiger partial charge >= 0.3 is 0 Å². The molecule has 0 atom stereocenters. The molecule has 2 rings (SSSR count). The Kier molecular flexibility index (Phi) is 4.25. The molecule has 0 amide bonds. The summed E-state index contributed by atoms with van der Waals surface area (Å²) in [6.07, 6.45) is 3.54. The van der Waals surface area contributed by atoms with Gasteiger partial charge in [0, 0.05) is 45.1 Å². The van der Waals surface area contributed by atoms with Crippen LogP contribution in [0.15, 0.2) is 16.9 Å². The topological polar surface area (TPSA) is 58.3 Å². The highest BCUT2D eigenvalue weighted by atomic mass is 79.9. The summed E-state index contributed by atoms with van der Waals surface area (Å²) in [5.74, 6) is 0.781. The molecule has 1 aromatic heterocycles. The predicted octanol–water partition coefficient (Wildman–Crippen LogP) is 0.647. The van der Waals surface area contributed by atoms with Crippen LogP contribution >= 0.6 is 28.1 Å². The number of hydrogen-bond donors (Lipinski definition) is 1. The molecule has 2 N–H and O–H groups in total. The van der Waals surface area contributed by atoms with E-state index in [0.29, 0.717) is 11.5 Å². The lowest BCUT2D eigenvalue weighted by Crippen LogP contribution is -2.49. The van der Waals surface area contributed by atoms with Crippen molar-refractivity contribution in [2.24, 2.45) is 5.73 Å². The highest BCUT2D eigenvalue weighted by Gasteiger charge is 2.18. The second-order valence-corrected chi connectivity index (χ2v) is 5.37. The Hall–Kier alpha value is -0.790. The Morgan fingerprint density at radius 1 is 1.29 bits per heavy atom. The Labute approximate surface area is 114 Å². The minimum absolute atomic E-state index is 0.554. The van der Waals surface area contributed by atoms with Crippen LogP contribution in [-0.4, -0.2) is 52.6 Å². The van der Waals surface area contributed by atoms with Crippen molar-refractivity contribution < 1.29 is 0 Å². The molecular formula is C10H14BrN5S. The fourth-order valence-corrected chi connectivity index (χ4v) is 2.18.